The average Bonchev–Trinajstić information content (AvgIpc) is 3.46. The Bertz CT molecular complexity index is 1050. The van der Waals surface area contributed by atoms with Crippen LogP contribution >= 0.6 is 0 Å². The standard InChI is InChI=1S/C21H22N4O4/c26-16-7-13-10-24(21-4-3-20-22-5-6-25(20)23-21)11-14(13)8-18(16)29-15-1-2-17-19(9-15)28-12-27-17/h1-6,9,13-14,16,18,26H,7-8,10-12H2/t13-,14+,16+,18+/m0/s1. The highest BCUT2D eigenvalue weighted by Crippen LogP contribution is 2.41. The summed E-state index contributed by atoms with van der Waals surface area (Å²) in [6.45, 7) is 2.07. The quantitative estimate of drug-likeness (QED) is 0.729. The Morgan fingerprint density at radius 1 is 1.03 bits per heavy atom. The van der Waals surface area contributed by atoms with Gasteiger partial charge in [-0.15, -0.1) is 5.10 Å². The Kier molecular flexibility index (Phi) is 3.80. The molecule has 3 aromatic rings. The number of aliphatic hydroxyl groups excluding tert-OH is 1. The zero-order valence-corrected chi connectivity index (χ0v) is 15.8. The van der Waals surface area contributed by atoms with Crippen LogP contribution in [-0.4, -0.2) is 51.8 Å². The minimum Gasteiger partial charge on any atom is -0.488 e. The van der Waals surface area contributed by atoms with Gasteiger partial charge in [0.2, 0.25) is 6.79 Å². The minimum atomic E-state index is -0.481. The van der Waals surface area contributed by atoms with Crippen LogP contribution in [0.5, 0.6) is 17.2 Å². The molecule has 0 bridgehead atoms. The van der Waals surface area contributed by atoms with Crippen molar-refractivity contribution in [3.05, 3.63) is 42.7 Å². The van der Waals surface area contributed by atoms with E-state index in [1.807, 2.05) is 36.5 Å². The lowest BCUT2D eigenvalue weighted by Gasteiger charge is -2.35. The highest BCUT2D eigenvalue weighted by molar-refractivity contribution is 5.48. The number of aromatic nitrogens is 3. The van der Waals surface area contributed by atoms with Gasteiger partial charge in [0.25, 0.3) is 0 Å². The van der Waals surface area contributed by atoms with Crippen LogP contribution in [0.2, 0.25) is 0 Å². The van der Waals surface area contributed by atoms with Gasteiger partial charge >= 0.3 is 0 Å². The molecule has 150 valence electrons. The number of anilines is 1. The van der Waals surface area contributed by atoms with Crippen molar-refractivity contribution in [3.8, 4) is 17.2 Å². The summed E-state index contributed by atoms with van der Waals surface area (Å²) in [7, 11) is 0. The molecule has 8 heteroatoms. The molecule has 3 aliphatic rings. The van der Waals surface area contributed by atoms with Gasteiger partial charge in [-0.25, -0.2) is 9.50 Å². The van der Waals surface area contributed by atoms with Crippen LogP contribution in [0.3, 0.4) is 0 Å². The molecular formula is C21H22N4O4. The maximum absolute atomic E-state index is 10.7. The molecule has 0 amide bonds. The van der Waals surface area contributed by atoms with Crippen molar-refractivity contribution < 1.29 is 19.3 Å². The number of nitrogens with zero attached hydrogens (tertiary/aromatic N) is 4. The lowest BCUT2D eigenvalue weighted by molar-refractivity contribution is -0.0232. The first-order valence-corrected chi connectivity index (χ1v) is 10.0. The Hall–Kier alpha value is -3.00. The zero-order chi connectivity index (χ0) is 19.4. The fourth-order valence-electron chi connectivity index (χ4n) is 4.80. The number of aliphatic hydroxyl groups is 1. The molecule has 1 saturated carbocycles. The second-order valence-electron chi connectivity index (χ2n) is 8.06. The molecule has 8 nitrogen and oxygen atoms in total. The maximum atomic E-state index is 10.7. The summed E-state index contributed by atoms with van der Waals surface area (Å²) >= 11 is 0. The van der Waals surface area contributed by atoms with E-state index in [4.69, 9.17) is 14.2 Å². The summed E-state index contributed by atoms with van der Waals surface area (Å²) in [5, 5.41) is 15.4. The molecule has 4 atom stereocenters. The van der Waals surface area contributed by atoms with Crippen molar-refractivity contribution in [3.63, 3.8) is 0 Å². The van der Waals surface area contributed by atoms with Crippen LogP contribution in [-0.2, 0) is 0 Å². The van der Waals surface area contributed by atoms with Crippen molar-refractivity contribution in [1.82, 2.24) is 14.6 Å². The van der Waals surface area contributed by atoms with Gasteiger partial charge in [-0.1, -0.05) is 0 Å². The SMILES string of the molecule is O[C@@H]1C[C@H]2CN(c3ccc4nccn4n3)C[C@H]2C[C@H]1Oc1ccc2c(c1)OCO2. The van der Waals surface area contributed by atoms with E-state index in [0.717, 1.165) is 43.1 Å². The summed E-state index contributed by atoms with van der Waals surface area (Å²) in [5.41, 5.74) is 0.845. The molecule has 1 aromatic carbocycles. The van der Waals surface area contributed by atoms with Gasteiger partial charge in [0.15, 0.2) is 17.1 Å². The summed E-state index contributed by atoms with van der Waals surface area (Å²) in [4.78, 5) is 6.57. The van der Waals surface area contributed by atoms with Crippen LogP contribution in [0.25, 0.3) is 5.65 Å². The maximum Gasteiger partial charge on any atom is 0.231 e. The number of fused-ring (bicyclic) bond motifs is 3. The van der Waals surface area contributed by atoms with Crippen LogP contribution in [0.1, 0.15) is 12.8 Å². The minimum absolute atomic E-state index is 0.222. The Morgan fingerprint density at radius 2 is 1.90 bits per heavy atom. The molecule has 1 N–H and O–H groups in total. The van der Waals surface area contributed by atoms with Gasteiger partial charge in [0.1, 0.15) is 17.7 Å². The van der Waals surface area contributed by atoms with Gasteiger partial charge in [0, 0.05) is 31.5 Å². The Morgan fingerprint density at radius 3 is 2.83 bits per heavy atom. The predicted octanol–water partition coefficient (Wildman–Crippen LogP) is 2.11. The largest absolute Gasteiger partial charge is 0.488 e. The van der Waals surface area contributed by atoms with Crippen LogP contribution in [0.15, 0.2) is 42.7 Å². The highest BCUT2D eigenvalue weighted by atomic mass is 16.7. The fourth-order valence-corrected chi connectivity index (χ4v) is 4.80. The van der Waals surface area contributed by atoms with E-state index in [0.29, 0.717) is 23.3 Å². The smallest absolute Gasteiger partial charge is 0.231 e. The second-order valence-corrected chi connectivity index (χ2v) is 8.06. The average molecular weight is 394 g/mol. The number of hydrogen-bond acceptors (Lipinski definition) is 7. The zero-order valence-electron chi connectivity index (χ0n) is 15.8. The number of rotatable bonds is 3. The second kappa shape index (κ2) is 6.52. The summed E-state index contributed by atoms with van der Waals surface area (Å²) in [6, 6.07) is 9.58. The summed E-state index contributed by atoms with van der Waals surface area (Å²) < 4.78 is 18.7. The van der Waals surface area contributed by atoms with Gasteiger partial charge in [0.05, 0.1) is 6.10 Å². The number of ether oxygens (including phenoxy) is 3. The first-order chi connectivity index (χ1) is 14.2. The molecule has 0 radical (unpaired) electrons. The molecule has 29 heavy (non-hydrogen) atoms. The lowest BCUT2D eigenvalue weighted by atomic mass is 9.78. The van der Waals surface area contributed by atoms with Gasteiger partial charge < -0.3 is 24.2 Å². The first-order valence-electron chi connectivity index (χ1n) is 10.0. The topological polar surface area (TPSA) is 81.4 Å². The molecule has 2 aliphatic heterocycles. The van der Waals surface area contributed by atoms with Crippen LogP contribution in [0.4, 0.5) is 5.82 Å². The molecular weight excluding hydrogens is 372 g/mol. The normalized spacial score (nSPS) is 28.0. The molecule has 4 heterocycles. The van der Waals surface area contributed by atoms with Gasteiger partial charge in [-0.05, 0) is 48.9 Å². The van der Waals surface area contributed by atoms with Gasteiger partial charge in [-0.2, -0.15) is 0 Å². The number of benzene rings is 1. The monoisotopic (exact) mass is 394 g/mol. The molecule has 1 aliphatic carbocycles. The molecule has 2 aromatic heterocycles. The van der Waals surface area contributed by atoms with E-state index < -0.39 is 6.10 Å². The number of hydrogen-bond donors (Lipinski definition) is 1. The Balaban J connectivity index is 1.17. The van der Waals surface area contributed by atoms with E-state index in [-0.39, 0.29) is 12.9 Å². The van der Waals surface area contributed by atoms with Crippen LogP contribution < -0.4 is 19.1 Å². The van der Waals surface area contributed by atoms with Crippen molar-refractivity contribution in [2.24, 2.45) is 11.8 Å². The third-order valence-electron chi connectivity index (χ3n) is 6.28. The molecule has 0 unspecified atom stereocenters. The molecule has 2 fully saturated rings. The van der Waals surface area contributed by atoms with Gasteiger partial charge in [-0.3, -0.25) is 0 Å². The van der Waals surface area contributed by atoms with Crippen molar-refractivity contribution >= 4 is 11.5 Å². The highest BCUT2D eigenvalue weighted by Gasteiger charge is 2.43. The van der Waals surface area contributed by atoms with E-state index in [9.17, 15) is 5.11 Å². The van der Waals surface area contributed by atoms with Crippen molar-refractivity contribution in [2.75, 3.05) is 24.8 Å². The van der Waals surface area contributed by atoms with E-state index >= 15 is 0 Å². The van der Waals surface area contributed by atoms with Crippen molar-refractivity contribution in [2.45, 2.75) is 25.0 Å². The Labute approximate surface area is 167 Å². The predicted molar refractivity (Wildman–Crippen MR) is 104 cm³/mol. The fraction of sp³-hybridized carbons (Fsp3) is 0.429. The summed E-state index contributed by atoms with van der Waals surface area (Å²) in [5.74, 6) is 4.00. The third-order valence-corrected chi connectivity index (χ3v) is 6.28. The first kappa shape index (κ1) is 16.9. The van der Waals surface area contributed by atoms with Crippen molar-refractivity contribution in [1.29, 1.82) is 0 Å². The number of imidazole rings is 1. The van der Waals surface area contributed by atoms with Crippen LogP contribution in [0, 0.1) is 11.8 Å². The van der Waals surface area contributed by atoms with E-state index in [1.165, 1.54) is 0 Å². The molecule has 6 rings (SSSR count). The molecule has 0 spiro atoms. The van der Waals surface area contributed by atoms with E-state index in [1.54, 1.807) is 10.7 Å². The van der Waals surface area contributed by atoms with E-state index in [2.05, 4.69) is 15.0 Å². The summed E-state index contributed by atoms with van der Waals surface area (Å²) in [6.07, 6.45) is 4.48. The molecule has 1 saturated heterocycles. The lowest BCUT2D eigenvalue weighted by Crippen LogP contribution is -2.42. The third kappa shape index (κ3) is 2.95.